The van der Waals surface area contributed by atoms with Gasteiger partial charge in [0, 0.05) is 43.2 Å². The predicted octanol–water partition coefficient (Wildman–Crippen LogP) is 2.89. The zero-order chi connectivity index (χ0) is 25.1. The van der Waals surface area contributed by atoms with Crippen molar-refractivity contribution in [3.05, 3.63) is 95.1 Å². The van der Waals surface area contributed by atoms with E-state index in [4.69, 9.17) is 14.6 Å². The van der Waals surface area contributed by atoms with Gasteiger partial charge in [-0.05, 0) is 35.9 Å². The summed E-state index contributed by atoms with van der Waals surface area (Å²) >= 11 is 0. The van der Waals surface area contributed by atoms with Crippen molar-refractivity contribution in [1.82, 2.24) is 30.8 Å². The summed E-state index contributed by atoms with van der Waals surface area (Å²) in [4.78, 5) is 0. The van der Waals surface area contributed by atoms with E-state index in [0.717, 1.165) is 45.4 Å². The van der Waals surface area contributed by atoms with Gasteiger partial charge in [0.2, 0.25) is 0 Å². The fourth-order valence-electron chi connectivity index (χ4n) is 4.04. The Kier molecular flexibility index (Phi) is 6.30. The lowest BCUT2D eigenvalue weighted by molar-refractivity contribution is 0.231. The molecule has 0 amide bonds. The molecule has 0 bridgehead atoms. The minimum absolute atomic E-state index is 0.488. The predicted molar refractivity (Wildman–Crippen MR) is 135 cm³/mol. The zero-order valence-electron chi connectivity index (χ0n) is 20.3. The highest BCUT2D eigenvalue weighted by atomic mass is 16.5. The number of hydrazone groups is 1. The maximum atomic E-state index is 9.36. The van der Waals surface area contributed by atoms with Gasteiger partial charge in [-0.25, -0.2) is 5.43 Å². The van der Waals surface area contributed by atoms with E-state index >= 15 is 0 Å². The van der Waals surface area contributed by atoms with E-state index in [9.17, 15) is 5.26 Å². The number of hydrogen-bond donors (Lipinski definition) is 2. The van der Waals surface area contributed by atoms with Crippen LogP contribution in [0.1, 0.15) is 22.4 Å². The molecule has 10 heteroatoms. The molecule has 2 aliphatic heterocycles. The smallest absolute Gasteiger partial charge is 0.194 e. The summed E-state index contributed by atoms with van der Waals surface area (Å²) in [5.41, 5.74) is 12.0. The molecule has 2 aromatic carbocycles. The Hall–Kier alpha value is -4.75. The largest absolute Gasteiger partial charge is 0.497 e. The van der Waals surface area contributed by atoms with Gasteiger partial charge in [0.25, 0.3) is 0 Å². The van der Waals surface area contributed by atoms with Gasteiger partial charge in [0.05, 0.1) is 31.5 Å². The van der Waals surface area contributed by atoms with Crippen molar-refractivity contribution in [3.8, 4) is 17.6 Å². The molecular formula is C26H26N8O2. The molecule has 0 spiro atoms. The maximum absolute atomic E-state index is 9.36. The number of benzene rings is 2. The molecular weight excluding hydrogens is 456 g/mol. The lowest BCUT2D eigenvalue weighted by Gasteiger charge is -2.26. The Morgan fingerprint density at radius 1 is 1.11 bits per heavy atom. The normalized spacial score (nSPS) is 14.3. The summed E-state index contributed by atoms with van der Waals surface area (Å²) in [5.74, 6) is 2.18. The van der Waals surface area contributed by atoms with Crippen molar-refractivity contribution < 1.29 is 9.47 Å². The van der Waals surface area contributed by atoms with Crippen molar-refractivity contribution in [1.29, 1.82) is 5.26 Å². The number of methoxy groups -OCH3 is 2. The number of nitrogens with one attached hydrogen (secondary N) is 2. The number of aromatic nitrogens is 2. The fourth-order valence-corrected chi connectivity index (χ4v) is 4.04. The summed E-state index contributed by atoms with van der Waals surface area (Å²) < 4.78 is 12.6. The highest BCUT2D eigenvalue weighted by Gasteiger charge is 2.29. The molecule has 0 atom stereocenters. The van der Waals surface area contributed by atoms with Gasteiger partial charge in [-0.3, -0.25) is 15.1 Å². The van der Waals surface area contributed by atoms with Crippen LogP contribution in [0.25, 0.3) is 5.57 Å². The molecule has 3 heterocycles. The molecule has 2 N–H and O–H groups in total. The van der Waals surface area contributed by atoms with Crippen LogP contribution in [0.15, 0.2) is 77.8 Å². The van der Waals surface area contributed by atoms with Gasteiger partial charge in [0.15, 0.2) is 5.84 Å². The molecule has 0 radical (unpaired) electrons. The molecule has 5 rings (SSSR count). The second-order valence-corrected chi connectivity index (χ2v) is 8.29. The molecule has 0 aliphatic carbocycles. The second-order valence-electron chi connectivity index (χ2n) is 8.29. The third-order valence-corrected chi connectivity index (χ3v) is 5.84. The molecule has 0 unspecified atom stereocenters. The Labute approximate surface area is 209 Å². The first-order chi connectivity index (χ1) is 17.6. The van der Waals surface area contributed by atoms with Crippen molar-refractivity contribution in [2.45, 2.75) is 13.1 Å². The molecule has 36 heavy (non-hydrogen) atoms. The molecule has 0 fully saturated rings. The lowest BCUT2D eigenvalue weighted by atomic mass is 10.0. The standard InChI is InChI=1S/C26H26N8O2/c1-32-10-9-22(29-32)17-34-30-24-12-21(19-6-4-5-18(11-19)14-27)16-33(26(24)31-34)28-15-20-7-8-23(35-2)13-25(20)36-3/h4-13,16,28,30H,15,17H2,1-3H3. The molecule has 1 aromatic heterocycles. The van der Waals surface area contributed by atoms with Crippen LogP contribution in [0.3, 0.4) is 0 Å². The van der Waals surface area contributed by atoms with E-state index in [0.29, 0.717) is 18.7 Å². The first-order valence-electron chi connectivity index (χ1n) is 11.4. The maximum Gasteiger partial charge on any atom is 0.194 e. The number of hydrazine groups is 2. The minimum Gasteiger partial charge on any atom is -0.497 e. The van der Waals surface area contributed by atoms with Crippen molar-refractivity contribution in [2.75, 3.05) is 14.2 Å². The molecule has 10 nitrogen and oxygen atoms in total. The summed E-state index contributed by atoms with van der Waals surface area (Å²) in [6.07, 6.45) is 5.91. The summed E-state index contributed by atoms with van der Waals surface area (Å²) in [5, 5.41) is 22.2. The van der Waals surface area contributed by atoms with Crippen LogP contribution < -0.4 is 20.3 Å². The number of aryl methyl sites for hydroxylation is 1. The van der Waals surface area contributed by atoms with Crippen LogP contribution in [0.2, 0.25) is 0 Å². The molecule has 0 saturated heterocycles. The van der Waals surface area contributed by atoms with E-state index in [-0.39, 0.29) is 0 Å². The Bertz CT molecular complexity index is 1420. The molecule has 182 valence electrons. The van der Waals surface area contributed by atoms with E-state index in [1.165, 1.54) is 0 Å². The van der Waals surface area contributed by atoms with Crippen LogP contribution in [0, 0.1) is 11.3 Å². The van der Waals surface area contributed by atoms with Crippen LogP contribution in [-0.4, -0.2) is 40.0 Å². The monoisotopic (exact) mass is 482 g/mol. The van der Waals surface area contributed by atoms with E-state index in [1.54, 1.807) is 30.1 Å². The summed E-state index contributed by atoms with van der Waals surface area (Å²) in [6, 6.07) is 17.4. The average molecular weight is 483 g/mol. The first-order valence-corrected chi connectivity index (χ1v) is 11.4. The van der Waals surface area contributed by atoms with Crippen LogP contribution in [-0.2, 0) is 20.1 Å². The molecule has 3 aromatic rings. The van der Waals surface area contributed by atoms with Gasteiger partial charge in [0.1, 0.15) is 23.7 Å². The Morgan fingerprint density at radius 2 is 2.00 bits per heavy atom. The van der Waals surface area contributed by atoms with E-state index in [1.807, 2.05) is 73.0 Å². The van der Waals surface area contributed by atoms with Gasteiger partial charge in [-0.1, -0.05) is 18.2 Å². The number of amidine groups is 1. The number of hydrogen-bond acceptors (Lipinski definition) is 9. The molecule has 2 aliphatic rings. The Morgan fingerprint density at radius 3 is 2.75 bits per heavy atom. The lowest BCUT2D eigenvalue weighted by Crippen LogP contribution is -2.41. The highest BCUT2D eigenvalue weighted by Crippen LogP contribution is 2.28. The van der Waals surface area contributed by atoms with Gasteiger partial charge < -0.3 is 9.47 Å². The minimum atomic E-state index is 0.488. The summed E-state index contributed by atoms with van der Waals surface area (Å²) in [7, 11) is 5.16. The number of rotatable bonds is 8. The highest BCUT2D eigenvalue weighted by molar-refractivity contribution is 6.04. The number of nitrogens with zero attached hydrogens (tertiary/aromatic N) is 6. The molecule has 0 saturated carbocycles. The Balaban J connectivity index is 1.44. The van der Waals surface area contributed by atoms with Crippen molar-refractivity contribution >= 4 is 11.4 Å². The van der Waals surface area contributed by atoms with Crippen LogP contribution in [0.5, 0.6) is 11.5 Å². The van der Waals surface area contributed by atoms with E-state index < -0.39 is 0 Å². The second kappa shape index (κ2) is 9.85. The van der Waals surface area contributed by atoms with Crippen molar-refractivity contribution in [2.24, 2.45) is 12.1 Å². The third kappa shape index (κ3) is 4.73. The number of fused-ring (bicyclic) bond motifs is 1. The number of ether oxygens (including phenoxy) is 2. The first kappa shape index (κ1) is 23.0. The number of allylic oxidation sites excluding steroid dienone is 2. The van der Waals surface area contributed by atoms with Crippen LogP contribution in [0.4, 0.5) is 0 Å². The van der Waals surface area contributed by atoms with Gasteiger partial charge >= 0.3 is 0 Å². The topological polar surface area (TPSA) is 103 Å². The van der Waals surface area contributed by atoms with Gasteiger partial charge in [-0.2, -0.15) is 15.5 Å². The zero-order valence-corrected chi connectivity index (χ0v) is 20.3. The number of nitriles is 1. The quantitative estimate of drug-likeness (QED) is 0.505. The summed E-state index contributed by atoms with van der Waals surface area (Å²) in [6.45, 7) is 0.989. The van der Waals surface area contributed by atoms with E-state index in [2.05, 4.69) is 22.0 Å². The fraction of sp³-hybridized carbons (Fsp3) is 0.192. The van der Waals surface area contributed by atoms with Gasteiger partial charge in [-0.15, -0.1) is 5.10 Å². The third-order valence-electron chi connectivity index (χ3n) is 5.84. The SMILES string of the molecule is COc1ccc(CNN2C=C(c3cccc(C#N)c3)C=C3NN(Cc4ccn(C)n4)N=C32)c(OC)c1. The average Bonchev–Trinajstić information content (AvgIpc) is 3.52. The van der Waals surface area contributed by atoms with Crippen molar-refractivity contribution in [3.63, 3.8) is 0 Å². The van der Waals surface area contributed by atoms with Crippen LogP contribution >= 0.6 is 0 Å².